The van der Waals surface area contributed by atoms with Crippen LogP contribution in [0.4, 0.5) is 40.3 Å². The summed E-state index contributed by atoms with van der Waals surface area (Å²) in [5, 5.41) is 0. The predicted octanol–water partition coefficient (Wildman–Crippen LogP) is 13.2. The Hall–Kier alpha value is -4.81. The molecule has 300 valence electrons. The van der Waals surface area contributed by atoms with Crippen molar-refractivity contribution in [2.24, 2.45) is 0 Å². The standard InChI is InChI=1S/C49H46F4N4.Pt/c1-49(2,47-31-39(29-45(54-47)41-25-23-33(50)27-43(41)52)56(35-15-7-3-8-16-35)36-17-9-4-10-18-36)48-32-40(30-46(55-48)42-26-24-34(51)28-44(42)53)57(37-19-11-5-12-20-37)38-21-13-6-14-22-38;/h3,5,7-8,11-12,15-16,19-20,23-24,27-32,36,38H,4,6,9-10,13-14,17-18,21-22H2,1-2H3;/q-2;+2. The SMILES string of the molecule is CC(C)(c1cc(N(c2ccccc2)C2CCCCC2)cc(-c2[c-]cc(F)cc2F)n1)c1cc(N(c2ccccc2)C2CCCCC2)cc(-c2[c-]cc(F)cc2F)n1.[Pt+2]. The van der Waals surface area contributed by atoms with Crippen molar-refractivity contribution in [2.75, 3.05) is 9.80 Å². The Bertz CT molecular complexity index is 2160. The van der Waals surface area contributed by atoms with Gasteiger partial charge in [-0.25, -0.2) is 0 Å². The molecule has 0 atom stereocenters. The van der Waals surface area contributed by atoms with E-state index in [2.05, 4.69) is 46.2 Å². The normalized spacial score (nSPS) is 15.1. The molecule has 0 bridgehead atoms. The molecule has 8 rings (SSSR count). The van der Waals surface area contributed by atoms with Gasteiger partial charge in [0.1, 0.15) is 0 Å². The minimum absolute atomic E-state index is 0. The third kappa shape index (κ3) is 8.78. The zero-order valence-corrected chi connectivity index (χ0v) is 35.0. The van der Waals surface area contributed by atoms with Gasteiger partial charge in [-0.05, 0) is 87.3 Å². The first kappa shape index (κ1) is 41.4. The third-order valence-corrected chi connectivity index (χ3v) is 11.6. The van der Waals surface area contributed by atoms with E-state index in [1.807, 2.05) is 74.5 Å². The molecule has 2 saturated carbocycles. The number of rotatable bonds is 10. The van der Waals surface area contributed by atoms with Gasteiger partial charge in [-0.2, -0.15) is 0 Å². The number of hydrogen-bond donors (Lipinski definition) is 0. The maximum absolute atomic E-state index is 15.7. The van der Waals surface area contributed by atoms with E-state index in [0.29, 0.717) is 22.8 Å². The fraction of sp³-hybridized carbons (Fsp3) is 0.306. The van der Waals surface area contributed by atoms with Gasteiger partial charge in [0.25, 0.3) is 0 Å². The van der Waals surface area contributed by atoms with Gasteiger partial charge in [0.05, 0.1) is 0 Å². The van der Waals surface area contributed by atoms with Crippen LogP contribution in [0.25, 0.3) is 22.5 Å². The molecule has 2 fully saturated rings. The number of anilines is 4. The van der Waals surface area contributed by atoms with Crippen molar-refractivity contribution in [1.82, 2.24) is 9.97 Å². The molecule has 0 unspecified atom stereocenters. The summed E-state index contributed by atoms with van der Waals surface area (Å²) in [6.45, 7) is 4.02. The Kier molecular flexibility index (Phi) is 12.8. The topological polar surface area (TPSA) is 32.3 Å². The molecule has 0 amide bonds. The zero-order valence-electron chi connectivity index (χ0n) is 32.7. The molecule has 4 aromatic carbocycles. The van der Waals surface area contributed by atoms with Crippen LogP contribution < -0.4 is 9.80 Å². The van der Waals surface area contributed by atoms with E-state index in [1.54, 1.807) is 0 Å². The Morgan fingerprint density at radius 1 is 0.517 bits per heavy atom. The summed E-state index contributed by atoms with van der Waals surface area (Å²) in [4.78, 5) is 14.9. The fourth-order valence-corrected chi connectivity index (χ4v) is 8.62. The maximum atomic E-state index is 15.7. The first-order valence-electron chi connectivity index (χ1n) is 20.1. The van der Waals surface area contributed by atoms with Crippen LogP contribution in [0.5, 0.6) is 0 Å². The molecular weight excluding hydrogens is 916 g/mol. The minimum atomic E-state index is -0.952. The van der Waals surface area contributed by atoms with Crippen LogP contribution in [-0.2, 0) is 26.5 Å². The van der Waals surface area contributed by atoms with Gasteiger partial charge < -0.3 is 19.8 Å². The molecule has 0 aliphatic heterocycles. The van der Waals surface area contributed by atoms with E-state index >= 15 is 8.78 Å². The number of aromatic nitrogens is 2. The smallest absolute Gasteiger partial charge is 0.339 e. The Morgan fingerprint density at radius 2 is 0.897 bits per heavy atom. The summed E-state index contributed by atoms with van der Waals surface area (Å²) in [6.07, 6.45) is 10.7. The van der Waals surface area contributed by atoms with Crippen molar-refractivity contribution in [1.29, 1.82) is 0 Å². The van der Waals surface area contributed by atoms with Crippen LogP contribution in [0.3, 0.4) is 0 Å². The van der Waals surface area contributed by atoms with Gasteiger partial charge in [-0.3, -0.25) is 17.6 Å². The second kappa shape index (κ2) is 18.0. The molecule has 4 nitrogen and oxygen atoms in total. The van der Waals surface area contributed by atoms with Crippen LogP contribution >= 0.6 is 0 Å². The predicted molar refractivity (Wildman–Crippen MR) is 220 cm³/mol. The zero-order chi connectivity index (χ0) is 39.5. The molecule has 9 heteroatoms. The quantitative estimate of drug-likeness (QED) is 0.101. The Balaban J connectivity index is 0.00000512. The Labute approximate surface area is 353 Å². The van der Waals surface area contributed by atoms with Crippen molar-refractivity contribution in [3.05, 3.63) is 156 Å². The first-order chi connectivity index (χ1) is 27.7. The van der Waals surface area contributed by atoms with Gasteiger partial charge in [-0.1, -0.05) is 110 Å². The number of hydrogen-bond acceptors (Lipinski definition) is 4. The average Bonchev–Trinajstić information content (AvgIpc) is 3.22. The van der Waals surface area contributed by atoms with Gasteiger partial charge >= 0.3 is 21.1 Å². The van der Waals surface area contributed by atoms with Gasteiger partial charge in [0.15, 0.2) is 0 Å². The molecule has 6 aromatic rings. The van der Waals surface area contributed by atoms with Crippen molar-refractivity contribution < 1.29 is 38.6 Å². The molecule has 0 spiro atoms. The van der Waals surface area contributed by atoms with Crippen molar-refractivity contribution in [3.8, 4) is 22.5 Å². The molecule has 58 heavy (non-hydrogen) atoms. The second-order valence-electron chi connectivity index (χ2n) is 15.9. The number of para-hydroxylation sites is 2. The maximum Gasteiger partial charge on any atom is 2.00 e. The van der Waals surface area contributed by atoms with Gasteiger partial charge in [-0.15, -0.1) is 24.3 Å². The summed E-state index contributed by atoms with van der Waals surface area (Å²) < 4.78 is 59.9. The molecule has 2 aromatic heterocycles. The molecule has 2 heterocycles. The number of pyridine rings is 2. The third-order valence-electron chi connectivity index (χ3n) is 11.6. The van der Waals surface area contributed by atoms with E-state index < -0.39 is 28.7 Å². The number of nitrogens with zero attached hydrogens (tertiary/aromatic N) is 4. The van der Waals surface area contributed by atoms with Crippen LogP contribution in [0, 0.1) is 35.4 Å². The van der Waals surface area contributed by atoms with E-state index in [-0.39, 0.29) is 44.3 Å². The summed E-state index contributed by atoms with van der Waals surface area (Å²) in [7, 11) is 0. The molecule has 0 N–H and O–H groups in total. The van der Waals surface area contributed by atoms with Crippen molar-refractivity contribution in [3.63, 3.8) is 0 Å². The van der Waals surface area contributed by atoms with Crippen LogP contribution in [0.15, 0.2) is 109 Å². The minimum Gasteiger partial charge on any atom is -0.339 e. The number of benzene rings is 4. The van der Waals surface area contributed by atoms with E-state index in [9.17, 15) is 8.78 Å². The summed E-state index contributed by atoms with van der Waals surface area (Å²) in [5.74, 6) is -2.97. The van der Waals surface area contributed by atoms with E-state index in [0.717, 1.165) is 98.4 Å². The van der Waals surface area contributed by atoms with Gasteiger partial charge in [0.2, 0.25) is 0 Å². The first-order valence-corrected chi connectivity index (χ1v) is 20.1. The van der Waals surface area contributed by atoms with Crippen LogP contribution in [-0.4, -0.2) is 22.1 Å². The second-order valence-corrected chi connectivity index (χ2v) is 15.9. The van der Waals surface area contributed by atoms with E-state index in [4.69, 9.17) is 9.97 Å². The Morgan fingerprint density at radius 3 is 1.26 bits per heavy atom. The number of halogens is 4. The van der Waals surface area contributed by atoms with E-state index in [1.165, 1.54) is 12.8 Å². The van der Waals surface area contributed by atoms with Crippen LogP contribution in [0.1, 0.15) is 89.4 Å². The largest absolute Gasteiger partial charge is 2.00 e. The van der Waals surface area contributed by atoms with Gasteiger partial charge in [0, 0.05) is 74.9 Å². The summed E-state index contributed by atoms with van der Waals surface area (Å²) >= 11 is 0. The molecule has 0 saturated heterocycles. The monoisotopic (exact) mass is 961 g/mol. The summed E-state index contributed by atoms with van der Waals surface area (Å²) in [6, 6.07) is 38.2. The average molecular weight is 962 g/mol. The molecule has 2 aliphatic rings. The fourth-order valence-electron chi connectivity index (χ4n) is 8.62. The molecule has 0 radical (unpaired) electrons. The van der Waals surface area contributed by atoms with Crippen LogP contribution in [0.2, 0.25) is 0 Å². The van der Waals surface area contributed by atoms with Crippen molar-refractivity contribution >= 4 is 22.7 Å². The van der Waals surface area contributed by atoms with Crippen molar-refractivity contribution in [2.45, 2.75) is 95.6 Å². The summed E-state index contributed by atoms with van der Waals surface area (Å²) in [5.41, 5.74) is 4.62. The molecular formula is C49H46F4N4Pt. The molecule has 2 aliphatic carbocycles.